The summed E-state index contributed by atoms with van der Waals surface area (Å²) in [4.78, 5) is 23.2. The van der Waals surface area contributed by atoms with Gasteiger partial charge in [0.15, 0.2) is 5.75 Å². The van der Waals surface area contributed by atoms with Gasteiger partial charge in [-0.3, -0.25) is 4.79 Å². The zero-order valence-electron chi connectivity index (χ0n) is 14.3. The van der Waals surface area contributed by atoms with E-state index in [-0.39, 0.29) is 18.1 Å². The van der Waals surface area contributed by atoms with E-state index in [1.165, 1.54) is 31.7 Å². The molecule has 0 saturated heterocycles. The highest BCUT2D eigenvalue weighted by molar-refractivity contribution is 5.83. The zero-order valence-corrected chi connectivity index (χ0v) is 14.3. The van der Waals surface area contributed by atoms with Gasteiger partial charge in [0.05, 0.1) is 0 Å². The highest BCUT2D eigenvalue weighted by Crippen LogP contribution is 2.09. The highest BCUT2D eigenvalue weighted by Gasteiger charge is 2.20. The fraction of sp³-hybridized carbons (Fsp3) is 0.579. The minimum atomic E-state index is -1.08. The minimum absolute atomic E-state index is 0.0476. The summed E-state index contributed by atoms with van der Waals surface area (Å²) in [6, 6.07) is 7.17. The van der Waals surface area contributed by atoms with Crippen molar-refractivity contribution in [2.24, 2.45) is 0 Å². The standard InChI is InChI=1S/C19H27NO4/c1-2-3-4-5-6-7-8-9-18(22)20-17(19(23)24)14-15-10-12-16(21)13-11-15/h10,12,17,21H,2-9,14H2,1H3,(H,20,22)(H,23,24). The first-order valence-corrected chi connectivity index (χ1v) is 8.67. The molecule has 0 spiro atoms. The van der Waals surface area contributed by atoms with Crippen LogP contribution in [0.4, 0.5) is 0 Å². The lowest BCUT2D eigenvalue weighted by molar-refractivity contribution is -0.141. The number of hydrogen-bond donors (Lipinski definition) is 3. The van der Waals surface area contributed by atoms with Gasteiger partial charge in [0.2, 0.25) is 5.91 Å². The van der Waals surface area contributed by atoms with Crippen LogP contribution in [0.2, 0.25) is 0 Å². The number of carbonyl (C=O) groups excluding carboxylic acids is 1. The van der Waals surface area contributed by atoms with Gasteiger partial charge in [-0.25, -0.2) is 4.79 Å². The lowest BCUT2D eigenvalue weighted by atomic mass is 10.1. The molecule has 0 aromatic heterocycles. The van der Waals surface area contributed by atoms with E-state index in [9.17, 15) is 14.7 Å². The summed E-state index contributed by atoms with van der Waals surface area (Å²) in [6.45, 7) is 2.18. The highest BCUT2D eigenvalue weighted by atomic mass is 16.4. The van der Waals surface area contributed by atoms with Gasteiger partial charge in [0.25, 0.3) is 0 Å². The third-order valence-corrected chi connectivity index (χ3v) is 3.86. The molecule has 132 valence electrons. The third kappa shape index (κ3) is 8.42. The van der Waals surface area contributed by atoms with Crippen LogP contribution < -0.4 is 5.32 Å². The topological polar surface area (TPSA) is 86.6 Å². The molecule has 1 rings (SSSR count). The fourth-order valence-corrected chi connectivity index (χ4v) is 2.46. The number of aliphatic carboxylic acids is 1. The summed E-state index contributed by atoms with van der Waals surface area (Å²) in [5.41, 5.74) is 0.580. The van der Waals surface area contributed by atoms with Crippen molar-refractivity contribution in [1.29, 1.82) is 0 Å². The van der Waals surface area contributed by atoms with E-state index in [0.717, 1.165) is 19.3 Å². The molecule has 3 N–H and O–H groups in total. The first kappa shape index (κ1) is 19.8. The van der Waals surface area contributed by atoms with Gasteiger partial charge in [-0.15, -0.1) is 0 Å². The number of nitrogens with one attached hydrogen (secondary N) is 1. The van der Waals surface area contributed by atoms with Crippen molar-refractivity contribution in [3.05, 3.63) is 29.8 Å². The van der Waals surface area contributed by atoms with Crippen molar-refractivity contribution >= 4 is 11.9 Å². The quantitative estimate of drug-likeness (QED) is 0.513. The Balaban J connectivity index is 2.30. The normalized spacial score (nSPS) is 11.5. The minimum Gasteiger partial charge on any atom is -0.501 e. The SMILES string of the molecule is CCCCCCCCCC(=O)NC(Cc1c#cc(O)cc1)C(=O)O. The van der Waals surface area contributed by atoms with Crippen LogP contribution in [0.3, 0.4) is 0 Å². The van der Waals surface area contributed by atoms with Crippen molar-refractivity contribution in [2.45, 2.75) is 70.8 Å². The number of unbranched alkanes of at least 4 members (excludes halogenated alkanes) is 6. The van der Waals surface area contributed by atoms with Gasteiger partial charge >= 0.3 is 5.97 Å². The molecule has 0 fully saturated rings. The van der Waals surface area contributed by atoms with Crippen LogP contribution in [0.5, 0.6) is 5.75 Å². The largest absolute Gasteiger partial charge is 0.501 e. The number of hydrogen-bond acceptors (Lipinski definition) is 3. The van der Waals surface area contributed by atoms with Crippen molar-refractivity contribution in [3.63, 3.8) is 0 Å². The first-order chi connectivity index (χ1) is 11.5. The maximum Gasteiger partial charge on any atom is 0.326 e. The molecule has 0 aliphatic heterocycles. The molecule has 1 unspecified atom stereocenters. The number of carbonyl (C=O) groups is 2. The average Bonchev–Trinajstić information content (AvgIpc) is 2.55. The molecule has 0 heterocycles. The number of carboxylic acids is 1. The Morgan fingerprint density at radius 3 is 2.33 bits per heavy atom. The van der Waals surface area contributed by atoms with Crippen molar-refractivity contribution in [1.82, 2.24) is 5.32 Å². The molecule has 1 amide bonds. The molecule has 1 atom stereocenters. The van der Waals surface area contributed by atoms with Gasteiger partial charge in [-0.2, -0.15) is 0 Å². The van der Waals surface area contributed by atoms with Crippen LogP contribution >= 0.6 is 0 Å². The molecule has 0 saturated carbocycles. The molecule has 1 aromatic rings. The second kappa shape index (κ2) is 11.3. The van der Waals surface area contributed by atoms with Gasteiger partial charge in [-0.05, 0) is 24.6 Å². The van der Waals surface area contributed by atoms with Gasteiger partial charge < -0.3 is 15.5 Å². The number of aromatic hydroxyl groups is 1. The smallest absolute Gasteiger partial charge is 0.326 e. The van der Waals surface area contributed by atoms with Crippen LogP contribution in [0, 0.1) is 12.1 Å². The molecular weight excluding hydrogens is 306 g/mol. The molecule has 0 radical (unpaired) electrons. The van der Waals surface area contributed by atoms with Crippen LogP contribution in [0.25, 0.3) is 0 Å². The summed E-state index contributed by atoms with van der Waals surface area (Å²) in [6.07, 6.45) is 8.27. The molecule has 24 heavy (non-hydrogen) atoms. The van der Waals surface area contributed by atoms with Gasteiger partial charge in [-0.1, -0.05) is 51.5 Å². The monoisotopic (exact) mass is 333 g/mol. The number of rotatable bonds is 12. The fourth-order valence-electron chi connectivity index (χ4n) is 2.46. The summed E-state index contributed by atoms with van der Waals surface area (Å²) < 4.78 is 0. The molecule has 0 bridgehead atoms. The van der Waals surface area contributed by atoms with Crippen molar-refractivity contribution in [2.75, 3.05) is 0 Å². The van der Waals surface area contributed by atoms with Gasteiger partial charge in [0, 0.05) is 18.4 Å². The van der Waals surface area contributed by atoms with Crippen LogP contribution in [0.1, 0.15) is 63.9 Å². The van der Waals surface area contributed by atoms with Crippen molar-refractivity contribution < 1.29 is 19.8 Å². The summed E-state index contributed by atoms with van der Waals surface area (Å²) in [5.74, 6) is -1.36. The molecule has 5 nitrogen and oxygen atoms in total. The first-order valence-electron chi connectivity index (χ1n) is 8.67. The Bertz CT molecular complexity index is 499. The van der Waals surface area contributed by atoms with E-state index in [1.807, 2.05) is 0 Å². The summed E-state index contributed by atoms with van der Waals surface area (Å²) >= 11 is 0. The molecule has 0 aliphatic carbocycles. The van der Waals surface area contributed by atoms with E-state index < -0.39 is 12.0 Å². The van der Waals surface area contributed by atoms with E-state index in [4.69, 9.17) is 5.11 Å². The molecular formula is C19H27NO4. The molecule has 0 aliphatic rings. The summed E-state index contributed by atoms with van der Waals surface area (Å²) in [5, 5.41) is 21.0. The second-order valence-corrected chi connectivity index (χ2v) is 6.03. The van der Waals surface area contributed by atoms with E-state index >= 15 is 0 Å². The maximum atomic E-state index is 11.9. The second-order valence-electron chi connectivity index (χ2n) is 6.03. The number of amides is 1. The van der Waals surface area contributed by atoms with Crippen LogP contribution in [-0.4, -0.2) is 28.1 Å². The predicted molar refractivity (Wildman–Crippen MR) is 91.7 cm³/mol. The Labute approximate surface area is 144 Å². The molecule has 1 aromatic carbocycles. The number of carboxylic acid groups (broad SMARTS) is 1. The third-order valence-electron chi connectivity index (χ3n) is 3.86. The van der Waals surface area contributed by atoms with Gasteiger partial charge in [0.1, 0.15) is 6.04 Å². The predicted octanol–water partition coefficient (Wildman–Crippen LogP) is 3.25. The zero-order chi connectivity index (χ0) is 17.8. The Kier molecular flexibility index (Phi) is 9.36. The van der Waals surface area contributed by atoms with E-state index in [0.29, 0.717) is 12.0 Å². The summed E-state index contributed by atoms with van der Waals surface area (Å²) in [7, 11) is 0. The lowest BCUT2D eigenvalue weighted by Gasteiger charge is -2.14. The Morgan fingerprint density at radius 1 is 1.08 bits per heavy atom. The molecule has 5 heteroatoms. The Morgan fingerprint density at radius 2 is 1.75 bits per heavy atom. The Hall–Kier alpha value is -2.22. The van der Waals surface area contributed by atoms with E-state index in [1.54, 1.807) is 6.07 Å². The van der Waals surface area contributed by atoms with E-state index in [2.05, 4.69) is 24.4 Å². The van der Waals surface area contributed by atoms with Crippen molar-refractivity contribution in [3.8, 4) is 5.75 Å². The lowest BCUT2D eigenvalue weighted by Crippen LogP contribution is -2.42. The maximum absolute atomic E-state index is 11.9. The van der Waals surface area contributed by atoms with Crippen LogP contribution in [-0.2, 0) is 16.0 Å². The average molecular weight is 333 g/mol. The van der Waals surface area contributed by atoms with Crippen LogP contribution in [0.15, 0.2) is 12.1 Å².